The van der Waals surface area contributed by atoms with Gasteiger partial charge in [-0.3, -0.25) is 4.90 Å². The van der Waals surface area contributed by atoms with Gasteiger partial charge in [-0.25, -0.2) is 4.79 Å². The summed E-state index contributed by atoms with van der Waals surface area (Å²) < 4.78 is 11.8. The number of ether oxygens (including phenoxy) is 2. The summed E-state index contributed by atoms with van der Waals surface area (Å²) in [5.41, 5.74) is 2.93. The normalized spacial score (nSPS) is 25.9. The molecule has 6 nitrogen and oxygen atoms in total. The highest BCUT2D eigenvalue weighted by atomic mass is 16.5. The van der Waals surface area contributed by atoms with E-state index in [1.807, 2.05) is 9.80 Å². The summed E-state index contributed by atoms with van der Waals surface area (Å²) >= 11 is 0. The largest absolute Gasteiger partial charge is 0.489 e. The van der Waals surface area contributed by atoms with Crippen LogP contribution in [-0.2, 0) is 17.6 Å². The molecule has 0 aromatic heterocycles. The van der Waals surface area contributed by atoms with E-state index in [4.69, 9.17) is 9.47 Å². The second-order valence-corrected chi connectivity index (χ2v) is 9.26. The Morgan fingerprint density at radius 1 is 0.900 bits per heavy atom. The molecule has 0 N–H and O–H groups in total. The fourth-order valence-corrected chi connectivity index (χ4v) is 5.26. The lowest BCUT2D eigenvalue weighted by Gasteiger charge is -2.37. The molecule has 30 heavy (non-hydrogen) atoms. The number of piperidine rings is 1. The molecule has 2 amide bonds. The number of morpholine rings is 1. The number of rotatable bonds is 3. The third-order valence-corrected chi connectivity index (χ3v) is 7.34. The van der Waals surface area contributed by atoms with Crippen LogP contribution in [0.1, 0.15) is 43.2 Å². The van der Waals surface area contributed by atoms with Gasteiger partial charge >= 0.3 is 6.03 Å². The number of benzene rings is 1. The molecule has 1 aromatic carbocycles. The molecule has 3 fully saturated rings. The second kappa shape index (κ2) is 9.15. The first kappa shape index (κ1) is 20.1. The van der Waals surface area contributed by atoms with Gasteiger partial charge in [0.15, 0.2) is 0 Å². The molecule has 3 heterocycles. The van der Waals surface area contributed by atoms with Crippen LogP contribution in [0.5, 0.6) is 5.75 Å². The van der Waals surface area contributed by atoms with Crippen LogP contribution in [0.25, 0.3) is 0 Å². The van der Waals surface area contributed by atoms with E-state index in [-0.39, 0.29) is 12.1 Å². The SMILES string of the molecule is O=C(N1CCOCC1)N1CCC[C@H](Oc2ccc3c(c2)CCN(C2CCC2)CC3)C1. The highest BCUT2D eigenvalue weighted by Gasteiger charge is 2.30. The molecule has 1 aliphatic carbocycles. The van der Waals surface area contributed by atoms with Crippen molar-refractivity contribution in [3.05, 3.63) is 29.3 Å². The van der Waals surface area contributed by atoms with E-state index in [0.29, 0.717) is 32.8 Å². The van der Waals surface area contributed by atoms with Crippen LogP contribution in [0.2, 0.25) is 0 Å². The molecular weight excluding hydrogens is 378 g/mol. The summed E-state index contributed by atoms with van der Waals surface area (Å²) in [6, 6.07) is 7.65. The van der Waals surface area contributed by atoms with E-state index in [2.05, 4.69) is 23.1 Å². The van der Waals surface area contributed by atoms with Gasteiger partial charge in [-0.15, -0.1) is 0 Å². The Hall–Kier alpha value is -1.79. The van der Waals surface area contributed by atoms with Crippen LogP contribution in [0, 0.1) is 0 Å². The van der Waals surface area contributed by atoms with Gasteiger partial charge in [-0.05, 0) is 61.8 Å². The summed E-state index contributed by atoms with van der Waals surface area (Å²) in [5.74, 6) is 0.969. The predicted molar refractivity (Wildman–Crippen MR) is 116 cm³/mol. The first-order valence-electron chi connectivity index (χ1n) is 11.9. The molecule has 1 saturated carbocycles. The maximum absolute atomic E-state index is 12.8. The van der Waals surface area contributed by atoms with E-state index in [0.717, 1.165) is 44.0 Å². The minimum Gasteiger partial charge on any atom is -0.489 e. The third-order valence-electron chi connectivity index (χ3n) is 7.34. The number of carbonyl (C=O) groups is 1. The number of hydrogen-bond donors (Lipinski definition) is 0. The number of hydrogen-bond acceptors (Lipinski definition) is 4. The Labute approximate surface area is 180 Å². The molecule has 4 aliphatic rings. The van der Waals surface area contributed by atoms with E-state index in [1.54, 1.807) is 0 Å². The van der Waals surface area contributed by atoms with Crippen molar-refractivity contribution in [2.45, 2.75) is 57.1 Å². The Kier molecular flexibility index (Phi) is 6.14. The average molecular weight is 414 g/mol. The minimum atomic E-state index is 0.0824. The Balaban J connectivity index is 1.19. The van der Waals surface area contributed by atoms with Crippen molar-refractivity contribution < 1.29 is 14.3 Å². The quantitative estimate of drug-likeness (QED) is 0.764. The molecule has 2 saturated heterocycles. The number of amides is 2. The summed E-state index contributed by atoms with van der Waals surface area (Å²) in [5, 5.41) is 0. The van der Waals surface area contributed by atoms with Crippen LogP contribution in [0.15, 0.2) is 18.2 Å². The molecule has 0 radical (unpaired) electrons. The maximum Gasteiger partial charge on any atom is 0.320 e. The van der Waals surface area contributed by atoms with Crippen molar-refractivity contribution in [1.29, 1.82) is 0 Å². The van der Waals surface area contributed by atoms with Crippen molar-refractivity contribution in [2.75, 3.05) is 52.5 Å². The van der Waals surface area contributed by atoms with Gasteiger partial charge in [0.1, 0.15) is 11.9 Å². The van der Waals surface area contributed by atoms with Crippen molar-refractivity contribution in [3.63, 3.8) is 0 Å². The van der Waals surface area contributed by atoms with E-state index >= 15 is 0 Å². The summed E-state index contributed by atoms with van der Waals surface area (Å²) in [6.07, 6.45) is 8.53. The fraction of sp³-hybridized carbons (Fsp3) is 0.708. The van der Waals surface area contributed by atoms with Gasteiger partial charge in [0.25, 0.3) is 0 Å². The first-order valence-corrected chi connectivity index (χ1v) is 11.9. The lowest BCUT2D eigenvalue weighted by Crippen LogP contribution is -2.52. The van der Waals surface area contributed by atoms with Gasteiger partial charge < -0.3 is 19.3 Å². The Morgan fingerprint density at radius 2 is 1.70 bits per heavy atom. The minimum absolute atomic E-state index is 0.0824. The standard InChI is InChI=1S/C24H35N3O3/c28-24(26-13-15-29-16-14-26)27-10-2-5-23(18-27)30-22-7-6-19-8-11-25(21-3-1-4-21)12-9-20(19)17-22/h6-7,17,21,23H,1-5,8-16,18H2/t23-/m0/s1. The number of carbonyl (C=O) groups excluding carboxylic acids is 1. The van der Waals surface area contributed by atoms with Gasteiger partial charge in [-0.2, -0.15) is 0 Å². The van der Waals surface area contributed by atoms with Crippen molar-refractivity contribution in [3.8, 4) is 5.75 Å². The molecule has 3 aliphatic heterocycles. The second-order valence-electron chi connectivity index (χ2n) is 9.26. The zero-order valence-corrected chi connectivity index (χ0v) is 18.1. The highest BCUT2D eigenvalue weighted by molar-refractivity contribution is 5.74. The van der Waals surface area contributed by atoms with E-state index in [9.17, 15) is 4.79 Å². The van der Waals surface area contributed by atoms with Crippen molar-refractivity contribution in [1.82, 2.24) is 14.7 Å². The fourth-order valence-electron chi connectivity index (χ4n) is 5.26. The lowest BCUT2D eigenvalue weighted by atomic mass is 9.91. The molecule has 0 bridgehead atoms. The first-order chi connectivity index (χ1) is 14.8. The van der Waals surface area contributed by atoms with Crippen molar-refractivity contribution >= 4 is 6.03 Å². The maximum atomic E-state index is 12.8. The van der Waals surface area contributed by atoms with E-state index < -0.39 is 0 Å². The third kappa shape index (κ3) is 4.45. The smallest absolute Gasteiger partial charge is 0.320 e. The molecule has 0 unspecified atom stereocenters. The van der Waals surface area contributed by atoms with Gasteiger partial charge in [0.2, 0.25) is 0 Å². The Bertz CT molecular complexity index is 745. The predicted octanol–water partition coefficient (Wildman–Crippen LogP) is 2.94. The van der Waals surface area contributed by atoms with Crippen LogP contribution < -0.4 is 4.74 Å². The summed E-state index contributed by atoms with van der Waals surface area (Å²) in [6.45, 7) is 6.57. The number of nitrogens with zero attached hydrogens (tertiary/aromatic N) is 3. The van der Waals surface area contributed by atoms with Gasteiger partial charge in [-0.1, -0.05) is 12.5 Å². The van der Waals surface area contributed by atoms with Crippen LogP contribution >= 0.6 is 0 Å². The zero-order chi connectivity index (χ0) is 20.3. The van der Waals surface area contributed by atoms with E-state index in [1.165, 1.54) is 43.5 Å². The van der Waals surface area contributed by atoms with Crippen LogP contribution in [-0.4, -0.2) is 85.4 Å². The monoisotopic (exact) mass is 413 g/mol. The van der Waals surface area contributed by atoms with Crippen LogP contribution in [0.4, 0.5) is 4.79 Å². The average Bonchev–Trinajstić information content (AvgIpc) is 2.95. The number of likely N-dealkylation sites (tertiary alicyclic amines) is 1. The topological polar surface area (TPSA) is 45.3 Å². The lowest BCUT2D eigenvalue weighted by molar-refractivity contribution is 0.0330. The van der Waals surface area contributed by atoms with Crippen molar-refractivity contribution in [2.24, 2.45) is 0 Å². The van der Waals surface area contributed by atoms with Gasteiger partial charge in [0, 0.05) is 38.8 Å². The number of urea groups is 1. The van der Waals surface area contributed by atoms with Gasteiger partial charge in [0.05, 0.1) is 19.8 Å². The highest BCUT2D eigenvalue weighted by Crippen LogP contribution is 2.29. The molecular formula is C24H35N3O3. The molecule has 5 rings (SSSR count). The molecule has 0 spiro atoms. The summed E-state index contributed by atoms with van der Waals surface area (Å²) in [4.78, 5) is 19.4. The zero-order valence-electron chi connectivity index (χ0n) is 18.1. The summed E-state index contributed by atoms with van der Waals surface area (Å²) in [7, 11) is 0. The molecule has 1 aromatic rings. The number of fused-ring (bicyclic) bond motifs is 1. The molecule has 164 valence electrons. The van der Waals surface area contributed by atoms with Crippen LogP contribution in [0.3, 0.4) is 0 Å². The molecule has 1 atom stereocenters. The molecule has 6 heteroatoms. The Morgan fingerprint density at radius 3 is 2.47 bits per heavy atom.